The van der Waals surface area contributed by atoms with Crippen LogP contribution < -0.4 is 10.6 Å². The molecule has 0 spiro atoms. The molecule has 1 aliphatic rings. The molecule has 2 N–H and O–H groups in total. The third kappa shape index (κ3) is 7.70. The van der Waals surface area contributed by atoms with E-state index in [1.54, 1.807) is 0 Å². The Morgan fingerprint density at radius 2 is 1.96 bits per heavy atom. The van der Waals surface area contributed by atoms with E-state index in [0.717, 1.165) is 19.6 Å². The van der Waals surface area contributed by atoms with E-state index in [4.69, 9.17) is 0 Å². The molecule has 0 amide bonds. The van der Waals surface area contributed by atoms with Crippen LogP contribution in [0.3, 0.4) is 0 Å². The van der Waals surface area contributed by atoms with E-state index in [9.17, 15) is 13.2 Å². The highest BCUT2D eigenvalue weighted by Gasteiger charge is 2.34. The second kappa shape index (κ2) is 10.1. The van der Waals surface area contributed by atoms with Crippen molar-refractivity contribution < 1.29 is 13.2 Å². The minimum atomic E-state index is -4.13. The van der Waals surface area contributed by atoms with E-state index >= 15 is 0 Å². The maximum atomic E-state index is 12.5. The summed E-state index contributed by atoms with van der Waals surface area (Å²) in [4.78, 5) is 8.38. The Morgan fingerprint density at radius 1 is 1.29 bits per heavy atom. The molecule has 1 aliphatic heterocycles. The summed E-state index contributed by atoms with van der Waals surface area (Å²) in [6.45, 7) is 11.7. The number of nitrogens with one attached hydrogen (secondary N) is 2. The minimum absolute atomic E-state index is 0.00825. The van der Waals surface area contributed by atoms with Crippen LogP contribution in [-0.2, 0) is 0 Å². The normalized spacial score (nSPS) is 21.3. The van der Waals surface area contributed by atoms with Gasteiger partial charge in [0.25, 0.3) is 0 Å². The van der Waals surface area contributed by atoms with Crippen molar-refractivity contribution in [3.05, 3.63) is 0 Å². The van der Waals surface area contributed by atoms with Gasteiger partial charge in [0.2, 0.25) is 0 Å². The molecule has 0 saturated carbocycles. The number of hydrogen-bond acceptors (Lipinski definition) is 3. The molecular formula is C16H32F3N5. The summed E-state index contributed by atoms with van der Waals surface area (Å²) in [6, 6.07) is 0.342. The van der Waals surface area contributed by atoms with Gasteiger partial charge < -0.3 is 10.6 Å². The van der Waals surface area contributed by atoms with Gasteiger partial charge in [-0.25, -0.2) is 0 Å². The van der Waals surface area contributed by atoms with Gasteiger partial charge in [0.1, 0.15) is 0 Å². The molecular weight excluding hydrogens is 319 g/mol. The number of guanidine groups is 1. The summed E-state index contributed by atoms with van der Waals surface area (Å²) in [5.41, 5.74) is 0. The summed E-state index contributed by atoms with van der Waals surface area (Å²) >= 11 is 0. The second-order valence-electron chi connectivity index (χ2n) is 6.27. The zero-order valence-corrected chi connectivity index (χ0v) is 15.3. The van der Waals surface area contributed by atoms with Crippen LogP contribution in [0, 0.1) is 0 Å². The van der Waals surface area contributed by atoms with Crippen molar-refractivity contribution in [1.29, 1.82) is 0 Å². The van der Waals surface area contributed by atoms with Gasteiger partial charge in [0.15, 0.2) is 5.96 Å². The molecule has 0 radical (unpaired) electrons. The molecule has 1 rings (SSSR count). The topological polar surface area (TPSA) is 42.9 Å². The lowest BCUT2D eigenvalue weighted by molar-refractivity contribution is -0.143. The molecule has 1 saturated heterocycles. The maximum absolute atomic E-state index is 12.5. The average molecular weight is 351 g/mol. The first kappa shape index (κ1) is 21.0. The van der Waals surface area contributed by atoms with E-state index in [-0.39, 0.29) is 6.04 Å². The van der Waals surface area contributed by atoms with Crippen molar-refractivity contribution in [3.8, 4) is 0 Å². The van der Waals surface area contributed by atoms with Crippen molar-refractivity contribution in [3.63, 3.8) is 0 Å². The summed E-state index contributed by atoms with van der Waals surface area (Å²) in [5, 5.41) is 6.46. The van der Waals surface area contributed by atoms with Crippen molar-refractivity contribution in [2.24, 2.45) is 4.99 Å². The van der Waals surface area contributed by atoms with Gasteiger partial charge in [0.05, 0.1) is 13.1 Å². The molecule has 24 heavy (non-hydrogen) atoms. The molecule has 8 heteroatoms. The van der Waals surface area contributed by atoms with Crippen molar-refractivity contribution in [2.45, 2.75) is 52.4 Å². The van der Waals surface area contributed by atoms with E-state index in [1.807, 2.05) is 6.92 Å². The predicted octanol–water partition coefficient (Wildman–Crippen LogP) is 1.91. The summed E-state index contributed by atoms with van der Waals surface area (Å²) in [5.74, 6) is 0.690. The third-order valence-corrected chi connectivity index (χ3v) is 4.31. The number of rotatable bonds is 8. The number of nitrogens with zero attached hydrogens (tertiary/aromatic N) is 3. The van der Waals surface area contributed by atoms with Gasteiger partial charge in [-0.15, -0.1) is 0 Å². The maximum Gasteiger partial charge on any atom is 0.401 e. The summed E-state index contributed by atoms with van der Waals surface area (Å²) < 4.78 is 37.4. The summed E-state index contributed by atoms with van der Waals surface area (Å²) in [7, 11) is 0. The van der Waals surface area contributed by atoms with E-state index in [1.165, 1.54) is 4.90 Å². The molecule has 142 valence electrons. The fraction of sp³-hybridized carbons (Fsp3) is 0.938. The Kier molecular flexibility index (Phi) is 8.83. The van der Waals surface area contributed by atoms with Crippen LogP contribution in [0.15, 0.2) is 4.99 Å². The van der Waals surface area contributed by atoms with Gasteiger partial charge in [-0.2, -0.15) is 13.2 Å². The SMILES string of the molecule is CCNC(=NCC(C)N(CC)CC)NC1CCN(CC(F)(F)F)C1. The molecule has 0 aromatic carbocycles. The predicted molar refractivity (Wildman–Crippen MR) is 92.4 cm³/mol. The van der Waals surface area contributed by atoms with Crippen LogP contribution in [0.5, 0.6) is 0 Å². The molecule has 2 unspecified atom stereocenters. The van der Waals surface area contributed by atoms with Crippen LogP contribution in [0.1, 0.15) is 34.1 Å². The molecule has 2 atom stereocenters. The lowest BCUT2D eigenvalue weighted by Crippen LogP contribution is -2.46. The number of aliphatic imine (C=N–C) groups is 1. The number of alkyl halides is 3. The Labute approximate surface area is 143 Å². The minimum Gasteiger partial charge on any atom is -0.357 e. The van der Waals surface area contributed by atoms with Gasteiger partial charge >= 0.3 is 6.18 Å². The molecule has 0 aromatic rings. The van der Waals surface area contributed by atoms with Crippen LogP contribution in [-0.4, -0.2) is 79.8 Å². The lowest BCUT2D eigenvalue weighted by Gasteiger charge is -2.25. The van der Waals surface area contributed by atoms with E-state index < -0.39 is 12.7 Å². The highest BCUT2D eigenvalue weighted by molar-refractivity contribution is 5.80. The lowest BCUT2D eigenvalue weighted by atomic mass is 10.2. The first-order chi connectivity index (χ1) is 11.3. The Morgan fingerprint density at radius 3 is 2.50 bits per heavy atom. The highest BCUT2D eigenvalue weighted by atomic mass is 19.4. The fourth-order valence-electron chi connectivity index (χ4n) is 3.05. The fourth-order valence-corrected chi connectivity index (χ4v) is 3.05. The highest BCUT2D eigenvalue weighted by Crippen LogP contribution is 2.19. The molecule has 0 bridgehead atoms. The quantitative estimate of drug-likeness (QED) is 0.518. The Hall–Kier alpha value is -1.02. The van der Waals surface area contributed by atoms with Crippen LogP contribution in [0.2, 0.25) is 0 Å². The zero-order valence-electron chi connectivity index (χ0n) is 15.3. The number of hydrogen-bond donors (Lipinski definition) is 2. The van der Waals surface area contributed by atoms with Crippen LogP contribution >= 0.6 is 0 Å². The standard InChI is InChI=1S/C16H32F3N5/c1-5-20-15(21-10-13(4)24(6-2)7-3)22-14-8-9-23(11-14)12-16(17,18)19/h13-14H,5-12H2,1-4H3,(H2,20,21,22). The Bertz CT molecular complexity index is 382. The average Bonchev–Trinajstić information content (AvgIpc) is 2.91. The van der Waals surface area contributed by atoms with E-state index in [0.29, 0.717) is 38.1 Å². The number of halogens is 3. The van der Waals surface area contributed by atoms with Crippen LogP contribution in [0.4, 0.5) is 13.2 Å². The Balaban J connectivity index is 2.52. The largest absolute Gasteiger partial charge is 0.401 e. The monoisotopic (exact) mass is 351 g/mol. The second-order valence-corrected chi connectivity index (χ2v) is 6.27. The zero-order chi connectivity index (χ0) is 18.2. The van der Waals surface area contributed by atoms with Gasteiger partial charge in [-0.05, 0) is 33.4 Å². The smallest absolute Gasteiger partial charge is 0.357 e. The summed E-state index contributed by atoms with van der Waals surface area (Å²) in [6.07, 6.45) is -3.43. The first-order valence-corrected chi connectivity index (χ1v) is 8.87. The molecule has 5 nitrogen and oxygen atoms in total. The molecule has 0 aliphatic carbocycles. The van der Waals surface area contributed by atoms with E-state index in [2.05, 4.69) is 41.3 Å². The van der Waals surface area contributed by atoms with Crippen LogP contribution in [0.25, 0.3) is 0 Å². The van der Waals surface area contributed by atoms with Crippen molar-refractivity contribution in [1.82, 2.24) is 20.4 Å². The molecule has 0 aromatic heterocycles. The number of likely N-dealkylation sites (N-methyl/N-ethyl adjacent to an activating group) is 1. The van der Waals surface area contributed by atoms with Crippen molar-refractivity contribution >= 4 is 5.96 Å². The van der Waals surface area contributed by atoms with Gasteiger partial charge in [-0.3, -0.25) is 14.8 Å². The van der Waals surface area contributed by atoms with Gasteiger partial charge in [-0.1, -0.05) is 13.8 Å². The molecule has 1 heterocycles. The first-order valence-electron chi connectivity index (χ1n) is 8.87. The molecule has 1 fully saturated rings. The number of likely N-dealkylation sites (tertiary alicyclic amines) is 1. The van der Waals surface area contributed by atoms with Gasteiger partial charge in [0, 0.05) is 31.7 Å². The third-order valence-electron chi connectivity index (χ3n) is 4.31. The van der Waals surface area contributed by atoms with Crippen molar-refractivity contribution in [2.75, 3.05) is 45.8 Å².